The molecule has 0 unspecified atom stereocenters. The van der Waals surface area contributed by atoms with E-state index in [2.05, 4.69) is 27.5 Å². The fraction of sp³-hybridized carbons (Fsp3) is 0.353. The lowest BCUT2D eigenvalue weighted by molar-refractivity contribution is 0.102. The molecule has 1 aromatic carbocycles. The molecule has 0 fully saturated rings. The van der Waals surface area contributed by atoms with E-state index in [9.17, 15) is 4.79 Å². The Morgan fingerprint density at radius 2 is 1.91 bits per heavy atom. The van der Waals surface area contributed by atoms with Gasteiger partial charge in [0.1, 0.15) is 5.75 Å². The van der Waals surface area contributed by atoms with Gasteiger partial charge in [0.25, 0.3) is 5.91 Å². The van der Waals surface area contributed by atoms with Gasteiger partial charge >= 0.3 is 0 Å². The van der Waals surface area contributed by atoms with Gasteiger partial charge in [0.15, 0.2) is 0 Å². The van der Waals surface area contributed by atoms with Crippen LogP contribution >= 0.6 is 0 Å². The van der Waals surface area contributed by atoms with Crippen LogP contribution in [0.15, 0.2) is 36.7 Å². The normalized spacial score (nSPS) is 10.4. The second kappa shape index (κ2) is 8.12. The third kappa shape index (κ3) is 4.95. The maximum Gasteiger partial charge on any atom is 0.258 e. The minimum atomic E-state index is -0.271. The maximum absolute atomic E-state index is 12.3. The van der Waals surface area contributed by atoms with E-state index in [1.165, 1.54) is 12.4 Å². The molecule has 0 atom stereocenters. The average molecular weight is 314 g/mol. The zero-order valence-corrected chi connectivity index (χ0v) is 13.7. The predicted molar refractivity (Wildman–Crippen MR) is 91.0 cm³/mol. The van der Waals surface area contributed by atoms with Crippen LogP contribution in [0.2, 0.25) is 0 Å². The lowest BCUT2D eigenvalue weighted by Gasteiger charge is -2.14. The first kappa shape index (κ1) is 16.7. The van der Waals surface area contributed by atoms with E-state index in [4.69, 9.17) is 4.74 Å². The molecule has 0 aliphatic heterocycles. The first-order valence-electron chi connectivity index (χ1n) is 7.73. The van der Waals surface area contributed by atoms with Crippen LogP contribution in [0.4, 0.5) is 11.6 Å². The van der Waals surface area contributed by atoms with Gasteiger partial charge in [-0.15, -0.1) is 0 Å². The lowest BCUT2D eigenvalue weighted by atomic mass is 10.2. The van der Waals surface area contributed by atoms with Crippen molar-refractivity contribution in [3.63, 3.8) is 0 Å². The minimum absolute atomic E-state index is 0.0281. The first-order valence-corrected chi connectivity index (χ1v) is 7.73. The van der Waals surface area contributed by atoms with Crippen molar-refractivity contribution in [2.45, 2.75) is 33.3 Å². The van der Waals surface area contributed by atoms with Crippen molar-refractivity contribution in [3.05, 3.63) is 42.2 Å². The zero-order valence-electron chi connectivity index (χ0n) is 13.7. The first-order chi connectivity index (χ1) is 11.1. The molecule has 1 aromatic heterocycles. The van der Waals surface area contributed by atoms with Gasteiger partial charge in [-0.1, -0.05) is 19.1 Å². The smallest absolute Gasteiger partial charge is 0.258 e. The number of anilines is 2. The van der Waals surface area contributed by atoms with Crippen LogP contribution in [0, 0.1) is 0 Å². The summed E-state index contributed by atoms with van der Waals surface area (Å²) in [5.41, 5.74) is 1.02. The Hall–Kier alpha value is -2.63. The highest BCUT2D eigenvalue weighted by Gasteiger charge is 2.11. The van der Waals surface area contributed by atoms with Crippen LogP contribution in [0.25, 0.3) is 0 Å². The second-order valence-electron chi connectivity index (χ2n) is 5.34. The highest BCUT2D eigenvalue weighted by Crippen LogP contribution is 2.25. The minimum Gasteiger partial charge on any atom is -0.489 e. The summed E-state index contributed by atoms with van der Waals surface area (Å²) in [6.07, 6.45) is 4.02. The standard InChI is InChI=1S/C17H22N4O2/c1-4-9-18-17-19-10-13(11-20-17)16(22)21-14-7-5-6-8-15(14)23-12(2)3/h5-8,10-12H,4,9H2,1-3H3,(H,21,22)(H,18,19,20). The third-order valence-corrected chi connectivity index (χ3v) is 2.95. The number of amides is 1. The van der Waals surface area contributed by atoms with Crippen LogP contribution in [0.3, 0.4) is 0 Å². The molecular weight excluding hydrogens is 292 g/mol. The molecule has 6 nitrogen and oxygen atoms in total. The van der Waals surface area contributed by atoms with E-state index < -0.39 is 0 Å². The summed E-state index contributed by atoms with van der Waals surface area (Å²) in [7, 11) is 0. The number of nitrogens with one attached hydrogen (secondary N) is 2. The molecule has 2 aromatic rings. The fourth-order valence-electron chi connectivity index (χ4n) is 1.89. The van der Waals surface area contributed by atoms with Gasteiger partial charge in [-0.3, -0.25) is 4.79 Å². The van der Waals surface area contributed by atoms with Gasteiger partial charge in [0, 0.05) is 18.9 Å². The molecule has 0 aliphatic carbocycles. The molecule has 122 valence electrons. The molecule has 1 heterocycles. The number of rotatable bonds is 7. The van der Waals surface area contributed by atoms with E-state index >= 15 is 0 Å². The third-order valence-electron chi connectivity index (χ3n) is 2.95. The van der Waals surface area contributed by atoms with Gasteiger partial charge in [0.2, 0.25) is 5.95 Å². The maximum atomic E-state index is 12.3. The summed E-state index contributed by atoms with van der Waals surface area (Å²) in [6, 6.07) is 7.33. The molecular formula is C17H22N4O2. The topological polar surface area (TPSA) is 76.1 Å². The Kier molecular flexibility index (Phi) is 5.91. The molecule has 0 spiro atoms. The van der Waals surface area contributed by atoms with E-state index in [1.807, 2.05) is 32.0 Å². The molecule has 0 saturated carbocycles. The van der Waals surface area contributed by atoms with Gasteiger partial charge in [-0.2, -0.15) is 0 Å². The van der Waals surface area contributed by atoms with Crippen molar-refractivity contribution in [3.8, 4) is 5.75 Å². The molecule has 0 radical (unpaired) electrons. The molecule has 0 aliphatic rings. The van der Waals surface area contributed by atoms with Crippen LogP contribution in [0.5, 0.6) is 5.75 Å². The number of carbonyl (C=O) groups excluding carboxylic acids is 1. The summed E-state index contributed by atoms with van der Waals surface area (Å²) in [5.74, 6) is 0.886. The number of nitrogens with zero attached hydrogens (tertiary/aromatic N) is 2. The molecule has 0 saturated heterocycles. The van der Waals surface area contributed by atoms with Gasteiger partial charge in [-0.25, -0.2) is 9.97 Å². The Morgan fingerprint density at radius 1 is 1.22 bits per heavy atom. The molecule has 2 rings (SSSR count). The van der Waals surface area contributed by atoms with Gasteiger partial charge < -0.3 is 15.4 Å². The summed E-state index contributed by atoms with van der Waals surface area (Å²) >= 11 is 0. The van der Waals surface area contributed by atoms with Crippen molar-refractivity contribution in [1.29, 1.82) is 0 Å². The monoisotopic (exact) mass is 314 g/mol. The highest BCUT2D eigenvalue weighted by atomic mass is 16.5. The molecule has 2 N–H and O–H groups in total. The Balaban J connectivity index is 2.07. The number of hydrogen-bond donors (Lipinski definition) is 2. The van der Waals surface area contributed by atoms with Crippen LogP contribution in [-0.2, 0) is 0 Å². The predicted octanol–water partition coefficient (Wildman–Crippen LogP) is 3.34. The van der Waals surface area contributed by atoms with Crippen molar-refractivity contribution < 1.29 is 9.53 Å². The molecule has 6 heteroatoms. The van der Waals surface area contributed by atoms with Crippen molar-refractivity contribution in [1.82, 2.24) is 9.97 Å². The van der Waals surface area contributed by atoms with Crippen LogP contribution in [0.1, 0.15) is 37.6 Å². The number of carbonyl (C=O) groups is 1. The van der Waals surface area contributed by atoms with Crippen LogP contribution in [-0.4, -0.2) is 28.5 Å². The molecule has 0 bridgehead atoms. The molecule has 1 amide bonds. The van der Waals surface area contributed by atoms with E-state index in [0.29, 0.717) is 22.9 Å². The zero-order chi connectivity index (χ0) is 16.7. The SMILES string of the molecule is CCCNc1ncc(C(=O)Nc2ccccc2OC(C)C)cn1. The van der Waals surface area contributed by atoms with E-state index in [1.54, 1.807) is 6.07 Å². The summed E-state index contributed by atoms with van der Waals surface area (Å²) in [5, 5.41) is 5.90. The van der Waals surface area contributed by atoms with Crippen LogP contribution < -0.4 is 15.4 Å². The number of aromatic nitrogens is 2. The van der Waals surface area contributed by atoms with Gasteiger partial charge in [-0.05, 0) is 32.4 Å². The van der Waals surface area contributed by atoms with Crippen molar-refractivity contribution >= 4 is 17.5 Å². The Morgan fingerprint density at radius 3 is 2.57 bits per heavy atom. The highest BCUT2D eigenvalue weighted by molar-refractivity contribution is 6.04. The Bertz CT molecular complexity index is 641. The van der Waals surface area contributed by atoms with Gasteiger partial charge in [0.05, 0.1) is 17.4 Å². The van der Waals surface area contributed by atoms with Crippen molar-refractivity contribution in [2.75, 3.05) is 17.2 Å². The summed E-state index contributed by atoms with van der Waals surface area (Å²) in [4.78, 5) is 20.6. The quantitative estimate of drug-likeness (QED) is 0.819. The lowest BCUT2D eigenvalue weighted by Crippen LogP contribution is -2.15. The number of ether oxygens (including phenoxy) is 1. The van der Waals surface area contributed by atoms with E-state index in [0.717, 1.165) is 13.0 Å². The molecule has 23 heavy (non-hydrogen) atoms. The summed E-state index contributed by atoms with van der Waals surface area (Å²) in [6.45, 7) is 6.74. The number of hydrogen-bond acceptors (Lipinski definition) is 5. The average Bonchev–Trinajstić information content (AvgIpc) is 2.54. The van der Waals surface area contributed by atoms with Crippen molar-refractivity contribution in [2.24, 2.45) is 0 Å². The number of benzene rings is 1. The number of para-hydroxylation sites is 2. The second-order valence-corrected chi connectivity index (χ2v) is 5.34. The van der Waals surface area contributed by atoms with E-state index in [-0.39, 0.29) is 12.0 Å². The summed E-state index contributed by atoms with van der Waals surface area (Å²) < 4.78 is 5.69. The fourth-order valence-corrected chi connectivity index (χ4v) is 1.89. The largest absolute Gasteiger partial charge is 0.489 e. The Labute approximate surface area is 136 Å².